The molecule has 0 spiro atoms. The smallest absolute Gasteiger partial charge is 0.132 e. The molecular formula is C7H16O3P-. The molecule has 0 rings (SSSR count). The third-order valence-electron chi connectivity index (χ3n) is 1.57. The van der Waals surface area contributed by atoms with E-state index in [-0.39, 0.29) is 11.5 Å². The minimum atomic E-state index is -3.57. The van der Waals surface area contributed by atoms with Crippen molar-refractivity contribution in [3.63, 3.8) is 0 Å². The molecule has 0 aromatic carbocycles. The van der Waals surface area contributed by atoms with Crippen LogP contribution < -0.4 is 4.89 Å². The summed E-state index contributed by atoms with van der Waals surface area (Å²) in [7, 11) is -3.57. The first-order valence-electron chi connectivity index (χ1n) is 3.60. The molecule has 0 radical (unpaired) electrons. The summed E-state index contributed by atoms with van der Waals surface area (Å²) in [4.78, 5) is 10.7. The minimum Gasteiger partial charge on any atom is -0.779 e. The molecule has 4 heteroatoms. The first kappa shape index (κ1) is 11.2. The van der Waals surface area contributed by atoms with Gasteiger partial charge in [0.2, 0.25) is 0 Å². The Morgan fingerprint density at radius 1 is 1.45 bits per heavy atom. The van der Waals surface area contributed by atoms with Gasteiger partial charge < -0.3 is 14.0 Å². The Morgan fingerprint density at radius 3 is 1.91 bits per heavy atom. The molecule has 0 aromatic rings. The van der Waals surface area contributed by atoms with Crippen molar-refractivity contribution in [1.29, 1.82) is 0 Å². The van der Waals surface area contributed by atoms with Gasteiger partial charge in [-0.3, -0.25) is 0 Å². The Labute approximate surface area is 68.3 Å². The molecule has 0 saturated carbocycles. The number of rotatable bonds is 2. The van der Waals surface area contributed by atoms with Crippen molar-refractivity contribution < 1.29 is 14.0 Å². The molecule has 0 amide bonds. The molecule has 0 saturated heterocycles. The molecule has 0 aromatic heterocycles. The van der Waals surface area contributed by atoms with Crippen LogP contribution in [0.5, 0.6) is 0 Å². The first-order valence-corrected chi connectivity index (χ1v) is 5.59. The monoisotopic (exact) mass is 179 g/mol. The Bertz CT molecular complexity index is 165. The quantitative estimate of drug-likeness (QED) is 0.605. The fourth-order valence-electron chi connectivity index (χ4n) is 0.445. The molecule has 68 valence electrons. The van der Waals surface area contributed by atoms with Gasteiger partial charge in [-0.25, -0.2) is 0 Å². The van der Waals surface area contributed by atoms with E-state index in [1.54, 1.807) is 6.92 Å². The van der Waals surface area contributed by atoms with E-state index >= 15 is 0 Å². The van der Waals surface area contributed by atoms with Crippen molar-refractivity contribution in [2.45, 2.75) is 33.8 Å². The van der Waals surface area contributed by atoms with Gasteiger partial charge in [0.05, 0.1) is 6.10 Å². The van der Waals surface area contributed by atoms with Gasteiger partial charge in [-0.15, -0.1) is 0 Å². The van der Waals surface area contributed by atoms with Gasteiger partial charge in [-0.1, -0.05) is 20.8 Å². The Kier molecular flexibility index (Phi) is 3.30. The van der Waals surface area contributed by atoms with Gasteiger partial charge in [0.1, 0.15) is 7.60 Å². The predicted octanol–water partition coefficient (Wildman–Crippen LogP) is 1.62. The van der Waals surface area contributed by atoms with Crippen molar-refractivity contribution in [2.75, 3.05) is 6.66 Å². The van der Waals surface area contributed by atoms with E-state index in [2.05, 4.69) is 0 Å². The maximum atomic E-state index is 10.7. The molecule has 0 fully saturated rings. The van der Waals surface area contributed by atoms with E-state index in [4.69, 9.17) is 4.52 Å². The van der Waals surface area contributed by atoms with Crippen LogP contribution in [0, 0.1) is 5.41 Å². The third-order valence-corrected chi connectivity index (χ3v) is 2.27. The van der Waals surface area contributed by atoms with Crippen molar-refractivity contribution >= 4 is 7.60 Å². The second-order valence-electron chi connectivity index (χ2n) is 3.88. The largest absolute Gasteiger partial charge is 0.779 e. The lowest BCUT2D eigenvalue weighted by Gasteiger charge is -2.32. The Balaban J connectivity index is 4.10. The van der Waals surface area contributed by atoms with Crippen LogP contribution >= 0.6 is 7.60 Å². The van der Waals surface area contributed by atoms with Gasteiger partial charge in [-0.05, 0) is 12.3 Å². The lowest BCUT2D eigenvalue weighted by atomic mass is 9.91. The topological polar surface area (TPSA) is 49.4 Å². The van der Waals surface area contributed by atoms with Gasteiger partial charge in [-0.2, -0.15) is 0 Å². The predicted molar refractivity (Wildman–Crippen MR) is 43.5 cm³/mol. The summed E-state index contributed by atoms with van der Waals surface area (Å²) in [6.07, 6.45) is -0.268. The highest BCUT2D eigenvalue weighted by Crippen LogP contribution is 2.38. The van der Waals surface area contributed by atoms with Crippen molar-refractivity contribution in [2.24, 2.45) is 5.41 Å². The van der Waals surface area contributed by atoms with Crippen LogP contribution in [0.25, 0.3) is 0 Å². The normalized spacial score (nSPS) is 20.9. The summed E-state index contributed by atoms with van der Waals surface area (Å²) in [6, 6.07) is 0. The van der Waals surface area contributed by atoms with Gasteiger partial charge in [0.25, 0.3) is 0 Å². The molecule has 2 atom stereocenters. The average molecular weight is 179 g/mol. The van der Waals surface area contributed by atoms with E-state index < -0.39 is 7.60 Å². The van der Waals surface area contributed by atoms with E-state index in [1.807, 2.05) is 20.8 Å². The maximum Gasteiger partial charge on any atom is 0.132 e. The summed E-state index contributed by atoms with van der Waals surface area (Å²) in [5, 5.41) is 0. The molecular weight excluding hydrogens is 163 g/mol. The van der Waals surface area contributed by atoms with Crippen LogP contribution in [0.2, 0.25) is 0 Å². The summed E-state index contributed by atoms with van der Waals surface area (Å²) in [6.45, 7) is 8.66. The molecule has 0 N–H and O–H groups in total. The number of hydrogen-bond acceptors (Lipinski definition) is 3. The summed E-state index contributed by atoms with van der Waals surface area (Å²) < 4.78 is 15.5. The standard InChI is InChI=1S/C7H17O3P/c1-6(7(2,3)4)10-11(5,8)9/h6H,1-5H3,(H,8,9)/p-1. The lowest BCUT2D eigenvalue weighted by Crippen LogP contribution is -2.26. The highest BCUT2D eigenvalue weighted by atomic mass is 31.2. The molecule has 0 aliphatic rings. The van der Waals surface area contributed by atoms with Crippen molar-refractivity contribution in [1.82, 2.24) is 0 Å². The molecule has 2 unspecified atom stereocenters. The van der Waals surface area contributed by atoms with E-state index in [1.165, 1.54) is 0 Å². The van der Waals surface area contributed by atoms with Crippen molar-refractivity contribution in [3.8, 4) is 0 Å². The minimum absolute atomic E-state index is 0.129. The van der Waals surface area contributed by atoms with Gasteiger partial charge in [0.15, 0.2) is 0 Å². The average Bonchev–Trinajstić information content (AvgIpc) is 1.56. The molecule has 11 heavy (non-hydrogen) atoms. The molecule has 0 heterocycles. The summed E-state index contributed by atoms with van der Waals surface area (Å²) in [5.41, 5.74) is -0.129. The van der Waals surface area contributed by atoms with Crippen LogP contribution in [0.3, 0.4) is 0 Å². The molecule has 3 nitrogen and oxygen atoms in total. The van der Waals surface area contributed by atoms with Crippen molar-refractivity contribution in [3.05, 3.63) is 0 Å². The lowest BCUT2D eigenvalue weighted by molar-refractivity contribution is -0.203. The van der Waals surface area contributed by atoms with Crippen LogP contribution in [0.4, 0.5) is 0 Å². The SMILES string of the molecule is CC(OP(C)(=O)[O-])C(C)(C)C. The third kappa shape index (κ3) is 5.42. The molecule has 0 bridgehead atoms. The first-order chi connectivity index (χ1) is 4.63. The second kappa shape index (κ2) is 3.26. The zero-order valence-electron chi connectivity index (χ0n) is 7.75. The zero-order valence-corrected chi connectivity index (χ0v) is 8.64. The highest BCUT2D eigenvalue weighted by Gasteiger charge is 2.22. The zero-order chi connectivity index (χ0) is 9.28. The Hall–Kier alpha value is 0.150. The van der Waals surface area contributed by atoms with Gasteiger partial charge >= 0.3 is 0 Å². The van der Waals surface area contributed by atoms with E-state index in [0.29, 0.717) is 0 Å². The van der Waals surface area contributed by atoms with E-state index in [0.717, 1.165) is 6.66 Å². The summed E-state index contributed by atoms with van der Waals surface area (Å²) in [5.74, 6) is 0. The fraction of sp³-hybridized carbons (Fsp3) is 1.00. The van der Waals surface area contributed by atoms with E-state index in [9.17, 15) is 9.46 Å². The van der Waals surface area contributed by atoms with Crippen LogP contribution in [0.15, 0.2) is 0 Å². The van der Waals surface area contributed by atoms with Crippen LogP contribution in [-0.2, 0) is 9.09 Å². The number of hydrogen-bond donors (Lipinski definition) is 0. The molecule has 0 aliphatic heterocycles. The maximum absolute atomic E-state index is 10.7. The summed E-state index contributed by atoms with van der Waals surface area (Å²) >= 11 is 0. The Morgan fingerprint density at radius 2 is 1.82 bits per heavy atom. The second-order valence-corrected chi connectivity index (χ2v) is 5.64. The fourth-order valence-corrected chi connectivity index (χ4v) is 1.34. The van der Waals surface area contributed by atoms with Crippen LogP contribution in [-0.4, -0.2) is 12.8 Å². The highest BCUT2D eigenvalue weighted by molar-refractivity contribution is 7.50. The molecule has 0 aliphatic carbocycles. The van der Waals surface area contributed by atoms with Gasteiger partial charge in [0, 0.05) is 6.66 Å². The van der Waals surface area contributed by atoms with Crippen LogP contribution in [0.1, 0.15) is 27.7 Å².